The molecule has 0 unspecified atom stereocenters. The van der Waals surface area contributed by atoms with Crippen molar-refractivity contribution in [2.45, 2.75) is 0 Å². The van der Waals surface area contributed by atoms with Gasteiger partial charge in [0.25, 0.3) is 0 Å². The van der Waals surface area contributed by atoms with Crippen LogP contribution < -0.4 is 0 Å². The maximum atomic E-state index is 13.0. The summed E-state index contributed by atoms with van der Waals surface area (Å²) in [6, 6.07) is 9.95. The predicted molar refractivity (Wildman–Crippen MR) is 64.2 cm³/mol. The number of aldehydes is 1. The van der Waals surface area contributed by atoms with Crippen molar-refractivity contribution in [2.75, 3.05) is 0 Å². The minimum absolute atomic E-state index is 0.161. The number of carbonyl (C=O) groups is 2. The summed E-state index contributed by atoms with van der Waals surface area (Å²) in [4.78, 5) is 21.6. The van der Waals surface area contributed by atoms with E-state index >= 15 is 0 Å². The lowest BCUT2D eigenvalue weighted by Crippen LogP contribution is -1.95. The molecule has 0 fully saturated rings. The fourth-order valence-corrected chi connectivity index (χ4v) is 1.69. The maximum absolute atomic E-state index is 13.0. The van der Waals surface area contributed by atoms with Gasteiger partial charge in [-0.2, -0.15) is 0 Å². The summed E-state index contributed by atoms with van der Waals surface area (Å²) >= 11 is 0. The SMILES string of the molecule is O=Cc1cc(F)ccc1-c1ccc(C(=O)O)cc1. The largest absolute Gasteiger partial charge is 0.478 e. The summed E-state index contributed by atoms with van der Waals surface area (Å²) in [5, 5.41) is 8.78. The number of rotatable bonds is 3. The van der Waals surface area contributed by atoms with E-state index in [1.807, 2.05) is 0 Å². The van der Waals surface area contributed by atoms with E-state index in [4.69, 9.17) is 5.11 Å². The molecule has 0 heterocycles. The molecule has 0 spiro atoms. The van der Waals surface area contributed by atoms with Crippen molar-refractivity contribution in [2.24, 2.45) is 0 Å². The van der Waals surface area contributed by atoms with E-state index in [2.05, 4.69) is 0 Å². The number of carbonyl (C=O) groups excluding carboxylic acids is 1. The molecule has 0 radical (unpaired) electrons. The van der Waals surface area contributed by atoms with Crippen molar-refractivity contribution in [3.05, 3.63) is 59.4 Å². The second-order valence-corrected chi connectivity index (χ2v) is 3.73. The first kappa shape index (κ1) is 12.0. The van der Waals surface area contributed by atoms with Gasteiger partial charge < -0.3 is 5.11 Å². The van der Waals surface area contributed by atoms with Crippen LogP contribution in [0.1, 0.15) is 20.7 Å². The summed E-state index contributed by atoms with van der Waals surface area (Å²) in [6.45, 7) is 0. The lowest BCUT2D eigenvalue weighted by atomic mass is 9.99. The molecular weight excluding hydrogens is 235 g/mol. The highest BCUT2D eigenvalue weighted by molar-refractivity contribution is 5.90. The van der Waals surface area contributed by atoms with Gasteiger partial charge >= 0.3 is 5.97 Å². The maximum Gasteiger partial charge on any atom is 0.335 e. The van der Waals surface area contributed by atoms with Crippen LogP contribution in [0.15, 0.2) is 42.5 Å². The molecule has 0 saturated heterocycles. The molecule has 3 nitrogen and oxygen atoms in total. The van der Waals surface area contributed by atoms with Crippen molar-refractivity contribution in [1.82, 2.24) is 0 Å². The van der Waals surface area contributed by atoms with Crippen LogP contribution in [0.3, 0.4) is 0 Å². The van der Waals surface area contributed by atoms with Gasteiger partial charge in [-0.3, -0.25) is 4.79 Å². The minimum Gasteiger partial charge on any atom is -0.478 e. The monoisotopic (exact) mass is 244 g/mol. The Labute approximate surface area is 103 Å². The van der Waals surface area contributed by atoms with Gasteiger partial charge in [-0.1, -0.05) is 18.2 Å². The summed E-state index contributed by atoms with van der Waals surface area (Å²) < 4.78 is 13.0. The number of benzene rings is 2. The normalized spacial score (nSPS) is 10.1. The smallest absolute Gasteiger partial charge is 0.335 e. The average Bonchev–Trinajstić information content (AvgIpc) is 2.38. The highest BCUT2D eigenvalue weighted by Gasteiger charge is 2.07. The van der Waals surface area contributed by atoms with Gasteiger partial charge in [0, 0.05) is 5.56 Å². The Balaban J connectivity index is 2.48. The molecule has 0 aromatic heterocycles. The molecule has 1 N–H and O–H groups in total. The second-order valence-electron chi connectivity index (χ2n) is 3.73. The van der Waals surface area contributed by atoms with Crippen molar-refractivity contribution >= 4 is 12.3 Å². The third-order valence-corrected chi connectivity index (χ3v) is 2.58. The molecule has 0 atom stereocenters. The second kappa shape index (κ2) is 4.79. The van der Waals surface area contributed by atoms with Gasteiger partial charge in [0.2, 0.25) is 0 Å². The Morgan fingerprint density at radius 1 is 1.11 bits per heavy atom. The van der Waals surface area contributed by atoms with E-state index in [1.54, 1.807) is 12.1 Å². The van der Waals surface area contributed by atoms with Crippen molar-refractivity contribution < 1.29 is 19.1 Å². The van der Waals surface area contributed by atoms with Crippen molar-refractivity contribution in [3.63, 3.8) is 0 Å². The van der Waals surface area contributed by atoms with E-state index in [1.165, 1.54) is 24.3 Å². The summed E-state index contributed by atoms with van der Waals surface area (Å²) in [5.41, 5.74) is 1.64. The Kier molecular flexibility index (Phi) is 3.19. The molecule has 4 heteroatoms. The number of carboxylic acids is 1. The lowest BCUT2D eigenvalue weighted by Gasteiger charge is -2.05. The summed E-state index contributed by atoms with van der Waals surface area (Å²) in [5.74, 6) is -1.50. The van der Waals surface area contributed by atoms with Crippen LogP contribution in [-0.2, 0) is 0 Å². The molecule has 0 aliphatic carbocycles. The van der Waals surface area contributed by atoms with Crippen molar-refractivity contribution in [3.8, 4) is 11.1 Å². The van der Waals surface area contributed by atoms with Gasteiger partial charge in [-0.25, -0.2) is 9.18 Å². The zero-order valence-corrected chi connectivity index (χ0v) is 9.26. The van der Waals surface area contributed by atoms with Gasteiger partial charge in [-0.05, 0) is 35.4 Å². The van der Waals surface area contributed by atoms with Crippen molar-refractivity contribution in [1.29, 1.82) is 0 Å². The lowest BCUT2D eigenvalue weighted by molar-refractivity contribution is 0.0696. The Morgan fingerprint density at radius 3 is 2.33 bits per heavy atom. The van der Waals surface area contributed by atoms with Crippen LogP contribution in [0.4, 0.5) is 4.39 Å². The van der Waals surface area contributed by atoms with E-state index in [0.717, 1.165) is 6.07 Å². The molecule has 0 bridgehead atoms. The quantitative estimate of drug-likeness (QED) is 0.844. The van der Waals surface area contributed by atoms with E-state index in [9.17, 15) is 14.0 Å². The third kappa shape index (κ3) is 2.27. The highest BCUT2D eigenvalue weighted by atomic mass is 19.1. The molecule has 18 heavy (non-hydrogen) atoms. The fourth-order valence-electron chi connectivity index (χ4n) is 1.69. The molecule has 0 aliphatic rings. The topological polar surface area (TPSA) is 54.4 Å². The Bertz CT molecular complexity index is 603. The van der Waals surface area contributed by atoms with Gasteiger partial charge in [-0.15, -0.1) is 0 Å². The van der Waals surface area contributed by atoms with Gasteiger partial charge in [0.05, 0.1) is 5.56 Å². The molecule has 0 saturated carbocycles. The molecule has 2 aromatic carbocycles. The van der Waals surface area contributed by atoms with Gasteiger partial charge in [0.15, 0.2) is 6.29 Å². The van der Waals surface area contributed by atoms with E-state index < -0.39 is 11.8 Å². The molecule has 0 aliphatic heterocycles. The number of hydrogen-bond acceptors (Lipinski definition) is 2. The summed E-state index contributed by atoms with van der Waals surface area (Å²) in [6.07, 6.45) is 0.573. The first-order chi connectivity index (χ1) is 8.61. The van der Waals surface area contributed by atoms with E-state index in [-0.39, 0.29) is 11.1 Å². The molecule has 0 amide bonds. The van der Waals surface area contributed by atoms with Crippen LogP contribution in [0, 0.1) is 5.82 Å². The average molecular weight is 244 g/mol. The van der Waals surface area contributed by atoms with Crippen LogP contribution in [-0.4, -0.2) is 17.4 Å². The third-order valence-electron chi connectivity index (χ3n) is 2.58. The first-order valence-corrected chi connectivity index (χ1v) is 5.20. The fraction of sp³-hybridized carbons (Fsp3) is 0. The zero-order chi connectivity index (χ0) is 13.1. The number of carboxylic acid groups (broad SMARTS) is 1. The predicted octanol–water partition coefficient (Wildman–Crippen LogP) is 3.00. The first-order valence-electron chi connectivity index (χ1n) is 5.20. The standard InChI is InChI=1S/C14H9FO3/c15-12-5-6-13(11(7-12)8-16)9-1-3-10(4-2-9)14(17)18/h1-8H,(H,17,18). The minimum atomic E-state index is -1.02. The molecular formula is C14H9FO3. The molecule has 2 rings (SSSR count). The number of aromatic carboxylic acids is 1. The highest BCUT2D eigenvalue weighted by Crippen LogP contribution is 2.23. The summed E-state index contributed by atoms with van der Waals surface area (Å²) in [7, 11) is 0. The van der Waals surface area contributed by atoms with Crippen LogP contribution in [0.25, 0.3) is 11.1 Å². The zero-order valence-electron chi connectivity index (χ0n) is 9.26. The van der Waals surface area contributed by atoms with Crippen LogP contribution in [0.5, 0.6) is 0 Å². The van der Waals surface area contributed by atoms with Crippen LogP contribution in [0.2, 0.25) is 0 Å². The molecule has 90 valence electrons. The van der Waals surface area contributed by atoms with Crippen LogP contribution >= 0.6 is 0 Å². The van der Waals surface area contributed by atoms with Gasteiger partial charge in [0.1, 0.15) is 5.82 Å². The Morgan fingerprint density at radius 2 is 1.78 bits per heavy atom. The molecule has 2 aromatic rings. The Hall–Kier alpha value is -2.49. The number of halogens is 1. The number of hydrogen-bond donors (Lipinski definition) is 1. The van der Waals surface area contributed by atoms with E-state index in [0.29, 0.717) is 17.4 Å².